The lowest BCUT2D eigenvalue weighted by Gasteiger charge is -1.95. The third kappa shape index (κ3) is 3.04. The number of benzene rings is 1. The first kappa shape index (κ1) is 9.41. The van der Waals surface area contributed by atoms with Crippen LogP contribution < -0.4 is 5.73 Å². The van der Waals surface area contributed by atoms with Crippen molar-refractivity contribution >= 4 is 6.08 Å². The van der Waals surface area contributed by atoms with Gasteiger partial charge in [0.1, 0.15) is 0 Å². The van der Waals surface area contributed by atoms with Crippen molar-refractivity contribution in [3.05, 3.63) is 51.7 Å². The van der Waals surface area contributed by atoms with Gasteiger partial charge < -0.3 is 5.73 Å². The van der Waals surface area contributed by atoms with Crippen LogP contribution in [0.25, 0.3) is 6.08 Å². The highest BCUT2D eigenvalue weighted by Crippen LogP contribution is 2.05. The fourth-order valence-electron chi connectivity index (χ4n) is 0.912. The second kappa shape index (κ2) is 4.37. The van der Waals surface area contributed by atoms with E-state index in [1.807, 2.05) is 12.1 Å². The smallest absolute Gasteiger partial charge is 0.235 e. The minimum Gasteiger partial charge on any atom is -0.326 e. The van der Waals surface area contributed by atoms with E-state index in [0.29, 0.717) is 6.54 Å². The summed E-state index contributed by atoms with van der Waals surface area (Å²) in [5, 5.41) is 9.99. The van der Waals surface area contributed by atoms with Gasteiger partial charge in [0.25, 0.3) is 0 Å². The fourth-order valence-corrected chi connectivity index (χ4v) is 0.912. The molecule has 0 aliphatic rings. The molecule has 0 heterocycles. The summed E-state index contributed by atoms with van der Waals surface area (Å²) in [7, 11) is 0. The number of nitrogens with two attached hydrogens (primary N) is 1. The molecule has 1 aromatic carbocycles. The highest BCUT2D eigenvalue weighted by atomic mass is 16.6. The average molecular weight is 178 g/mol. The highest BCUT2D eigenvalue weighted by molar-refractivity contribution is 5.48. The molecule has 1 aromatic rings. The molecular formula is C9H10N2O2. The molecule has 0 aromatic heterocycles. The van der Waals surface area contributed by atoms with Gasteiger partial charge in [0, 0.05) is 12.6 Å². The van der Waals surface area contributed by atoms with Crippen LogP contribution in [0.15, 0.2) is 30.5 Å². The fraction of sp³-hybridized carbons (Fsp3) is 0.111. The molecule has 0 radical (unpaired) electrons. The summed E-state index contributed by atoms with van der Waals surface area (Å²) >= 11 is 0. The van der Waals surface area contributed by atoms with Gasteiger partial charge in [0.2, 0.25) is 6.20 Å². The number of hydrogen-bond acceptors (Lipinski definition) is 3. The van der Waals surface area contributed by atoms with E-state index in [1.165, 1.54) is 6.08 Å². The molecule has 2 N–H and O–H groups in total. The molecule has 0 saturated carbocycles. The second-order valence-corrected chi connectivity index (χ2v) is 2.55. The Morgan fingerprint density at radius 1 is 1.38 bits per heavy atom. The zero-order valence-corrected chi connectivity index (χ0v) is 7.01. The summed E-state index contributed by atoms with van der Waals surface area (Å²) in [6.07, 6.45) is 2.36. The Hall–Kier alpha value is -1.68. The summed E-state index contributed by atoms with van der Waals surface area (Å²) in [4.78, 5) is 9.51. The molecule has 4 heteroatoms. The molecule has 0 fully saturated rings. The molecule has 0 amide bonds. The lowest BCUT2D eigenvalue weighted by atomic mass is 10.1. The Morgan fingerprint density at radius 2 is 2.00 bits per heavy atom. The van der Waals surface area contributed by atoms with Gasteiger partial charge in [-0.1, -0.05) is 24.3 Å². The molecule has 0 spiro atoms. The zero-order valence-electron chi connectivity index (χ0n) is 7.01. The third-order valence-corrected chi connectivity index (χ3v) is 1.60. The van der Waals surface area contributed by atoms with Gasteiger partial charge in [-0.2, -0.15) is 0 Å². The van der Waals surface area contributed by atoms with Crippen LogP contribution in [0.4, 0.5) is 0 Å². The zero-order chi connectivity index (χ0) is 9.68. The summed E-state index contributed by atoms with van der Waals surface area (Å²) in [6, 6.07) is 7.28. The highest BCUT2D eigenvalue weighted by Gasteiger charge is 1.91. The van der Waals surface area contributed by atoms with Crippen LogP contribution in [0.5, 0.6) is 0 Å². The van der Waals surface area contributed by atoms with Crippen LogP contribution in [0.3, 0.4) is 0 Å². The van der Waals surface area contributed by atoms with Crippen molar-refractivity contribution in [3.63, 3.8) is 0 Å². The van der Waals surface area contributed by atoms with E-state index in [1.54, 1.807) is 12.1 Å². The normalized spacial score (nSPS) is 10.5. The predicted octanol–water partition coefficient (Wildman–Crippen LogP) is 1.39. The monoisotopic (exact) mass is 178 g/mol. The van der Waals surface area contributed by atoms with E-state index in [-0.39, 0.29) is 0 Å². The molecule has 0 saturated heterocycles. The average Bonchev–Trinajstić information content (AvgIpc) is 2.15. The van der Waals surface area contributed by atoms with Crippen molar-refractivity contribution in [2.45, 2.75) is 6.54 Å². The van der Waals surface area contributed by atoms with Crippen molar-refractivity contribution in [3.8, 4) is 0 Å². The molecule has 0 aliphatic heterocycles. The summed E-state index contributed by atoms with van der Waals surface area (Å²) in [5.74, 6) is 0. The number of nitro groups is 1. The Morgan fingerprint density at radius 3 is 2.46 bits per heavy atom. The molecule has 0 unspecified atom stereocenters. The maximum atomic E-state index is 9.99. The van der Waals surface area contributed by atoms with Crippen molar-refractivity contribution in [2.24, 2.45) is 5.73 Å². The SMILES string of the molecule is NCc1ccc(/C=C/[N+](=O)[O-])cc1. The van der Waals surface area contributed by atoms with Crippen LogP contribution in [-0.2, 0) is 6.54 Å². The molecule has 4 nitrogen and oxygen atoms in total. The number of rotatable bonds is 3. The molecular weight excluding hydrogens is 168 g/mol. The summed E-state index contributed by atoms with van der Waals surface area (Å²) < 4.78 is 0. The minimum absolute atomic E-state index is 0.485. The Labute approximate surface area is 75.8 Å². The first-order chi connectivity index (χ1) is 6.22. The van der Waals surface area contributed by atoms with Gasteiger partial charge in [-0.3, -0.25) is 10.1 Å². The number of nitrogens with zero attached hydrogens (tertiary/aromatic N) is 1. The molecule has 1 rings (SSSR count). The van der Waals surface area contributed by atoms with E-state index in [9.17, 15) is 10.1 Å². The standard InChI is InChI=1S/C9H10N2O2/c10-7-9-3-1-8(2-4-9)5-6-11(12)13/h1-6H,7,10H2/b6-5+. The van der Waals surface area contributed by atoms with Crippen LogP contribution in [0, 0.1) is 10.1 Å². The molecule has 13 heavy (non-hydrogen) atoms. The molecule has 68 valence electrons. The largest absolute Gasteiger partial charge is 0.326 e. The Bertz CT molecular complexity index is 317. The molecule has 0 aliphatic carbocycles. The predicted molar refractivity (Wildman–Crippen MR) is 50.4 cm³/mol. The van der Waals surface area contributed by atoms with Crippen LogP contribution in [0.2, 0.25) is 0 Å². The van der Waals surface area contributed by atoms with Crippen molar-refractivity contribution in [2.75, 3.05) is 0 Å². The first-order valence-electron chi connectivity index (χ1n) is 3.83. The van der Waals surface area contributed by atoms with E-state index >= 15 is 0 Å². The Kier molecular flexibility index (Phi) is 3.16. The van der Waals surface area contributed by atoms with Crippen LogP contribution >= 0.6 is 0 Å². The van der Waals surface area contributed by atoms with Crippen molar-refractivity contribution in [1.82, 2.24) is 0 Å². The second-order valence-electron chi connectivity index (χ2n) is 2.55. The Balaban J connectivity index is 2.75. The van der Waals surface area contributed by atoms with Gasteiger partial charge in [0.15, 0.2) is 0 Å². The maximum absolute atomic E-state index is 9.99. The summed E-state index contributed by atoms with van der Waals surface area (Å²) in [5.41, 5.74) is 7.21. The molecule has 0 bridgehead atoms. The lowest BCUT2D eigenvalue weighted by Crippen LogP contribution is -1.95. The van der Waals surface area contributed by atoms with E-state index in [0.717, 1.165) is 17.3 Å². The maximum Gasteiger partial charge on any atom is 0.235 e. The summed E-state index contributed by atoms with van der Waals surface area (Å²) in [6.45, 7) is 0.485. The number of hydrogen-bond donors (Lipinski definition) is 1. The topological polar surface area (TPSA) is 69.2 Å². The van der Waals surface area contributed by atoms with Gasteiger partial charge >= 0.3 is 0 Å². The minimum atomic E-state index is -0.489. The van der Waals surface area contributed by atoms with Gasteiger partial charge in [-0.05, 0) is 11.1 Å². The van der Waals surface area contributed by atoms with Crippen molar-refractivity contribution in [1.29, 1.82) is 0 Å². The van der Waals surface area contributed by atoms with E-state index in [4.69, 9.17) is 5.73 Å². The van der Waals surface area contributed by atoms with E-state index in [2.05, 4.69) is 0 Å². The van der Waals surface area contributed by atoms with Crippen molar-refractivity contribution < 1.29 is 4.92 Å². The van der Waals surface area contributed by atoms with Crippen LogP contribution in [-0.4, -0.2) is 4.92 Å². The third-order valence-electron chi connectivity index (χ3n) is 1.60. The van der Waals surface area contributed by atoms with E-state index < -0.39 is 4.92 Å². The van der Waals surface area contributed by atoms with Gasteiger partial charge in [-0.25, -0.2) is 0 Å². The van der Waals surface area contributed by atoms with Gasteiger partial charge in [-0.15, -0.1) is 0 Å². The van der Waals surface area contributed by atoms with Crippen LogP contribution in [0.1, 0.15) is 11.1 Å². The van der Waals surface area contributed by atoms with Gasteiger partial charge in [0.05, 0.1) is 4.92 Å². The quantitative estimate of drug-likeness (QED) is 0.561. The molecule has 0 atom stereocenters. The lowest BCUT2D eigenvalue weighted by molar-refractivity contribution is -0.400. The first-order valence-corrected chi connectivity index (χ1v) is 3.83.